The van der Waals surface area contributed by atoms with Crippen LogP contribution in [0.3, 0.4) is 0 Å². The summed E-state index contributed by atoms with van der Waals surface area (Å²) in [6.45, 7) is 5.13. The van der Waals surface area contributed by atoms with Crippen molar-refractivity contribution in [1.82, 2.24) is 9.80 Å². The number of ketones is 1. The van der Waals surface area contributed by atoms with Gasteiger partial charge in [0.2, 0.25) is 0 Å². The summed E-state index contributed by atoms with van der Waals surface area (Å²) in [5, 5.41) is 0. The molecule has 4 atom stereocenters. The second-order valence-corrected chi connectivity index (χ2v) is 8.54. The van der Waals surface area contributed by atoms with Gasteiger partial charge in [0.25, 0.3) is 0 Å². The van der Waals surface area contributed by atoms with E-state index in [-0.39, 0.29) is 5.41 Å². The highest BCUT2D eigenvalue weighted by atomic mass is 16.1. The Hall–Kier alpha value is -0.410. The van der Waals surface area contributed by atoms with Gasteiger partial charge < -0.3 is 4.90 Å². The van der Waals surface area contributed by atoms with Gasteiger partial charge in [0.15, 0.2) is 5.78 Å². The molecular formula is C18H30N2O. The van der Waals surface area contributed by atoms with Gasteiger partial charge in [-0.1, -0.05) is 12.8 Å². The normalized spacial score (nSPS) is 44.0. The van der Waals surface area contributed by atoms with E-state index in [1.165, 1.54) is 44.9 Å². The highest BCUT2D eigenvalue weighted by Gasteiger charge is 2.52. The van der Waals surface area contributed by atoms with Crippen molar-refractivity contribution in [2.45, 2.75) is 44.9 Å². The van der Waals surface area contributed by atoms with Crippen molar-refractivity contribution in [3.63, 3.8) is 0 Å². The monoisotopic (exact) mass is 290 g/mol. The molecule has 4 bridgehead atoms. The molecule has 118 valence electrons. The SMILES string of the molecule is CN1CCN(CC(=O)C23CC4C[C@@H](CC[C@@H](C4)C2)C3)CC1. The number of Topliss-reactive ketones (excluding diaryl/α,β-unsaturated/α-hetero) is 1. The van der Waals surface area contributed by atoms with Crippen LogP contribution in [0.25, 0.3) is 0 Å². The van der Waals surface area contributed by atoms with Crippen molar-refractivity contribution in [2.75, 3.05) is 39.8 Å². The van der Waals surface area contributed by atoms with Gasteiger partial charge in [-0.25, -0.2) is 0 Å². The summed E-state index contributed by atoms with van der Waals surface area (Å²) in [7, 11) is 2.18. The molecule has 5 fully saturated rings. The number of nitrogens with zero attached hydrogens (tertiary/aromatic N) is 2. The molecule has 1 aliphatic heterocycles. The molecule has 0 aromatic heterocycles. The van der Waals surface area contributed by atoms with Crippen LogP contribution in [0.15, 0.2) is 0 Å². The van der Waals surface area contributed by atoms with Crippen LogP contribution in [0.4, 0.5) is 0 Å². The molecule has 4 saturated carbocycles. The van der Waals surface area contributed by atoms with E-state index in [2.05, 4.69) is 16.8 Å². The lowest BCUT2D eigenvalue weighted by Gasteiger charge is -2.48. The Bertz CT molecular complexity index is 397. The summed E-state index contributed by atoms with van der Waals surface area (Å²) in [5.41, 5.74) is 0.0936. The molecule has 3 heteroatoms. The number of hydrogen-bond donors (Lipinski definition) is 0. The minimum atomic E-state index is 0.0936. The first-order chi connectivity index (χ1) is 10.1. The van der Waals surface area contributed by atoms with Crippen molar-refractivity contribution in [3.05, 3.63) is 0 Å². The first kappa shape index (κ1) is 14.2. The lowest BCUT2D eigenvalue weighted by molar-refractivity contribution is -0.137. The van der Waals surface area contributed by atoms with Crippen molar-refractivity contribution >= 4 is 5.78 Å². The Labute approximate surface area is 129 Å². The van der Waals surface area contributed by atoms with Gasteiger partial charge in [0.1, 0.15) is 0 Å². The third kappa shape index (κ3) is 2.68. The molecule has 4 aliphatic carbocycles. The average molecular weight is 290 g/mol. The molecule has 0 aromatic carbocycles. The molecule has 21 heavy (non-hydrogen) atoms. The molecule has 0 radical (unpaired) electrons. The summed E-state index contributed by atoms with van der Waals surface area (Å²) in [5.74, 6) is 3.22. The van der Waals surface area contributed by atoms with Gasteiger partial charge in [-0.2, -0.15) is 0 Å². The zero-order valence-electron chi connectivity index (χ0n) is 13.5. The van der Waals surface area contributed by atoms with Gasteiger partial charge in [0, 0.05) is 31.6 Å². The van der Waals surface area contributed by atoms with Gasteiger partial charge in [-0.05, 0) is 56.9 Å². The van der Waals surface area contributed by atoms with E-state index in [4.69, 9.17) is 0 Å². The summed E-state index contributed by atoms with van der Waals surface area (Å²) in [6.07, 6.45) is 9.36. The fraction of sp³-hybridized carbons (Fsp3) is 0.944. The molecule has 1 saturated heterocycles. The van der Waals surface area contributed by atoms with E-state index in [1.54, 1.807) is 0 Å². The van der Waals surface area contributed by atoms with Gasteiger partial charge in [0.05, 0.1) is 6.54 Å². The molecule has 5 aliphatic rings. The maximum absolute atomic E-state index is 13.1. The fourth-order valence-corrected chi connectivity index (χ4v) is 5.91. The van der Waals surface area contributed by atoms with Crippen LogP contribution < -0.4 is 0 Å². The predicted octanol–water partition coefficient (Wildman–Crippen LogP) is 2.41. The van der Waals surface area contributed by atoms with Gasteiger partial charge >= 0.3 is 0 Å². The van der Waals surface area contributed by atoms with Crippen LogP contribution >= 0.6 is 0 Å². The number of carbonyl (C=O) groups excluding carboxylic acids is 1. The largest absolute Gasteiger partial charge is 0.304 e. The molecule has 0 N–H and O–H groups in total. The predicted molar refractivity (Wildman–Crippen MR) is 84.2 cm³/mol. The van der Waals surface area contributed by atoms with Gasteiger partial charge in [-0.15, -0.1) is 0 Å². The molecule has 1 heterocycles. The lowest BCUT2D eigenvalue weighted by Crippen LogP contribution is -2.51. The first-order valence-electron chi connectivity index (χ1n) is 9.07. The molecule has 0 spiro atoms. The van der Waals surface area contributed by atoms with E-state index >= 15 is 0 Å². The number of fused-ring (bicyclic) bond motifs is 1. The van der Waals surface area contributed by atoms with Crippen molar-refractivity contribution in [2.24, 2.45) is 23.2 Å². The summed E-state index contributed by atoms with van der Waals surface area (Å²) in [6, 6.07) is 0. The third-order valence-electron chi connectivity index (χ3n) is 6.91. The molecule has 2 unspecified atom stereocenters. The minimum absolute atomic E-state index is 0.0936. The second-order valence-electron chi connectivity index (χ2n) is 8.54. The summed E-state index contributed by atoms with van der Waals surface area (Å²) < 4.78 is 0. The quantitative estimate of drug-likeness (QED) is 0.797. The van der Waals surface area contributed by atoms with Crippen LogP contribution in [0, 0.1) is 23.2 Å². The number of carbonyl (C=O) groups is 1. The number of likely N-dealkylation sites (N-methyl/N-ethyl adjacent to an activating group) is 1. The van der Waals surface area contributed by atoms with Crippen molar-refractivity contribution in [1.29, 1.82) is 0 Å². The Balaban J connectivity index is 1.46. The van der Waals surface area contributed by atoms with E-state index in [1.807, 2.05) is 0 Å². The summed E-state index contributed by atoms with van der Waals surface area (Å²) >= 11 is 0. The standard InChI is InChI=1S/C18H30N2O/c1-19-4-6-20(7-5-19)13-17(21)18-10-14-2-3-15(11-18)9-16(8-14)12-18/h14-16H,2-13H2,1H3/t14-,15+,16?,18?. The third-order valence-corrected chi connectivity index (χ3v) is 6.91. The van der Waals surface area contributed by atoms with Crippen molar-refractivity contribution in [3.8, 4) is 0 Å². The number of rotatable bonds is 3. The fourth-order valence-electron chi connectivity index (χ4n) is 5.91. The Kier molecular flexibility index (Phi) is 3.61. The maximum atomic E-state index is 13.1. The van der Waals surface area contributed by atoms with E-state index in [0.29, 0.717) is 5.78 Å². The Morgan fingerprint density at radius 2 is 1.52 bits per heavy atom. The minimum Gasteiger partial charge on any atom is -0.304 e. The molecule has 0 aromatic rings. The molecular weight excluding hydrogens is 260 g/mol. The highest BCUT2D eigenvalue weighted by molar-refractivity contribution is 5.87. The number of hydrogen-bond acceptors (Lipinski definition) is 3. The topological polar surface area (TPSA) is 23.6 Å². The van der Waals surface area contributed by atoms with Gasteiger partial charge in [-0.3, -0.25) is 9.69 Å². The first-order valence-corrected chi connectivity index (χ1v) is 9.07. The van der Waals surface area contributed by atoms with Crippen LogP contribution in [0.2, 0.25) is 0 Å². The van der Waals surface area contributed by atoms with E-state index in [0.717, 1.165) is 50.5 Å². The number of piperazine rings is 1. The zero-order chi connectivity index (χ0) is 14.4. The smallest absolute Gasteiger partial charge is 0.152 e. The van der Waals surface area contributed by atoms with Crippen molar-refractivity contribution < 1.29 is 4.79 Å². The zero-order valence-corrected chi connectivity index (χ0v) is 13.5. The van der Waals surface area contributed by atoms with Crippen LogP contribution in [0.1, 0.15) is 44.9 Å². The second kappa shape index (κ2) is 5.34. The van der Waals surface area contributed by atoms with Crippen LogP contribution in [-0.4, -0.2) is 55.4 Å². The van der Waals surface area contributed by atoms with E-state index < -0.39 is 0 Å². The summed E-state index contributed by atoms with van der Waals surface area (Å²) in [4.78, 5) is 17.9. The molecule has 0 amide bonds. The maximum Gasteiger partial charge on any atom is 0.152 e. The van der Waals surface area contributed by atoms with Crippen LogP contribution in [-0.2, 0) is 4.79 Å². The molecule has 5 rings (SSSR count). The Morgan fingerprint density at radius 3 is 2.14 bits per heavy atom. The average Bonchev–Trinajstić information content (AvgIpc) is 2.68. The Morgan fingerprint density at radius 1 is 0.952 bits per heavy atom. The van der Waals surface area contributed by atoms with Crippen LogP contribution in [0.5, 0.6) is 0 Å². The lowest BCUT2D eigenvalue weighted by atomic mass is 9.57. The van der Waals surface area contributed by atoms with E-state index in [9.17, 15) is 4.79 Å². The molecule has 3 nitrogen and oxygen atoms in total. The highest BCUT2D eigenvalue weighted by Crippen LogP contribution is 2.58.